The number of hydrogen-bond acceptors (Lipinski definition) is 5. The molecule has 0 saturated heterocycles. The molecule has 1 aromatic carbocycles. The number of benzene rings is 1. The lowest BCUT2D eigenvalue weighted by Gasteiger charge is -2.10. The molecule has 0 unspecified atom stereocenters. The molecule has 0 bridgehead atoms. The molecule has 1 N–H and O–H groups in total. The number of aryl methyl sites for hydroxylation is 1. The first-order valence-electron chi connectivity index (χ1n) is 7.74. The van der Waals surface area contributed by atoms with Gasteiger partial charge in [-0.3, -0.25) is 9.59 Å². The minimum atomic E-state index is -0.569. The average Bonchev–Trinajstić information content (AvgIpc) is 2.60. The highest BCUT2D eigenvalue weighted by atomic mass is 16.5. The number of carbonyl (C=O) groups excluding carboxylic acids is 2. The van der Waals surface area contributed by atoms with E-state index in [-0.39, 0.29) is 23.6 Å². The summed E-state index contributed by atoms with van der Waals surface area (Å²) in [5.74, 6) is -0.186. The quantitative estimate of drug-likeness (QED) is 0.601. The average molecular weight is 344 g/mol. The van der Waals surface area contributed by atoms with Crippen LogP contribution in [0.1, 0.15) is 15.9 Å². The van der Waals surface area contributed by atoms with E-state index in [1.54, 1.807) is 0 Å². The molecule has 2 rings (SSSR count). The Labute approximate surface area is 145 Å². The van der Waals surface area contributed by atoms with Crippen molar-refractivity contribution in [2.24, 2.45) is 0 Å². The number of pyridine rings is 1. The molecule has 132 valence electrons. The fourth-order valence-corrected chi connectivity index (χ4v) is 2.17. The van der Waals surface area contributed by atoms with Crippen LogP contribution in [0.2, 0.25) is 0 Å². The molecule has 7 nitrogen and oxygen atoms in total. The van der Waals surface area contributed by atoms with Crippen LogP contribution < -0.4 is 15.6 Å². The maximum Gasteiger partial charge on any atom is 0.339 e. The van der Waals surface area contributed by atoms with E-state index in [4.69, 9.17) is 4.74 Å². The third-order valence-corrected chi connectivity index (χ3v) is 3.40. The number of nitrogens with one attached hydrogen (secondary N) is 1. The van der Waals surface area contributed by atoms with Crippen LogP contribution in [0, 0.1) is 6.92 Å². The second kappa shape index (κ2) is 8.68. The van der Waals surface area contributed by atoms with Gasteiger partial charge in [-0.1, -0.05) is 12.1 Å². The summed E-state index contributed by atoms with van der Waals surface area (Å²) < 4.78 is 11.3. The summed E-state index contributed by atoms with van der Waals surface area (Å²) in [6.07, 6.45) is 1.30. The van der Waals surface area contributed by atoms with E-state index in [2.05, 4.69) is 10.1 Å². The molecule has 0 atom stereocenters. The van der Waals surface area contributed by atoms with E-state index in [0.29, 0.717) is 13.2 Å². The molecule has 25 heavy (non-hydrogen) atoms. The summed E-state index contributed by atoms with van der Waals surface area (Å²) in [4.78, 5) is 35.2. The Morgan fingerprint density at radius 1 is 1.20 bits per heavy atom. The molecule has 0 aliphatic carbocycles. The molecule has 0 radical (unpaired) electrons. The van der Waals surface area contributed by atoms with E-state index >= 15 is 0 Å². The highest BCUT2D eigenvalue weighted by Gasteiger charge is 2.09. The highest BCUT2D eigenvalue weighted by Crippen LogP contribution is 2.11. The predicted molar refractivity (Wildman–Crippen MR) is 91.7 cm³/mol. The van der Waals surface area contributed by atoms with Gasteiger partial charge in [-0.05, 0) is 30.7 Å². The second-order valence-corrected chi connectivity index (χ2v) is 5.39. The van der Waals surface area contributed by atoms with Crippen LogP contribution in [0.4, 0.5) is 0 Å². The zero-order chi connectivity index (χ0) is 18.2. The molecule has 0 aliphatic heterocycles. The van der Waals surface area contributed by atoms with Gasteiger partial charge in [0.15, 0.2) is 0 Å². The first-order chi connectivity index (χ1) is 12.0. The summed E-state index contributed by atoms with van der Waals surface area (Å²) in [6, 6.07) is 10.2. The maximum absolute atomic E-state index is 11.9. The summed E-state index contributed by atoms with van der Waals surface area (Å²) in [5, 5.41) is 2.67. The van der Waals surface area contributed by atoms with Gasteiger partial charge in [0.2, 0.25) is 5.91 Å². The first-order valence-corrected chi connectivity index (χ1v) is 7.74. The molecular weight excluding hydrogens is 324 g/mol. The number of aromatic nitrogens is 1. The molecular formula is C18H20N2O5. The Bertz CT molecular complexity index is 813. The fraction of sp³-hybridized carbons (Fsp3) is 0.278. The molecule has 0 saturated carbocycles. The number of amides is 1. The van der Waals surface area contributed by atoms with Crippen LogP contribution in [0.3, 0.4) is 0 Å². The molecule has 2 aromatic rings. The summed E-state index contributed by atoms with van der Waals surface area (Å²) in [7, 11) is 1.25. The van der Waals surface area contributed by atoms with Gasteiger partial charge in [-0.25, -0.2) is 4.79 Å². The molecule has 7 heteroatoms. The normalized spacial score (nSPS) is 10.2. The second-order valence-electron chi connectivity index (χ2n) is 5.39. The van der Waals surface area contributed by atoms with Crippen LogP contribution in [0.5, 0.6) is 5.75 Å². The number of ether oxygens (including phenoxy) is 2. The molecule has 1 heterocycles. The topological polar surface area (TPSA) is 86.6 Å². The third-order valence-electron chi connectivity index (χ3n) is 3.40. The molecule has 0 spiro atoms. The van der Waals surface area contributed by atoms with Gasteiger partial charge in [0.1, 0.15) is 18.9 Å². The monoisotopic (exact) mass is 344 g/mol. The van der Waals surface area contributed by atoms with Crippen LogP contribution in [0.25, 0.3) is 0 Å². The van der Waals surface area contributed by atoms with Gasteiger partial charge in [0, 0.05) is 12.3 Å². The van der Waals surface area contributed by atoms with E-state index in [0.717, 1.165) is 15.9 Å². The van der Waals surface area contributed by atoms with Crippen molar-refractivity contribution in [1.29, 1.82) is 0 Å². The molecule has 0 aliphatic rings. The zero-order valence-corrected chi connectivity index (χ0v) is 14.2. The van der Waals surface area contributed by atoms with Crippen molar-refractivity contribution >= 4 is 11.9 Å². The molecule has 1 amide bonds. The number of nitrogens with zero attached hydrogens (tertiary/aromatic N) is 1. The van der Waals surface area contributed by atoms with Gasteiger partial charge in [-0.15, -0.1) is 0 Å². The van der Waals surface area contributed by atoms with Crippen molar-refractivity contribution in [2.45, 2.75) is 13.5 Å². The van der Waals surface area contributed by atoms with Gasteiger partial charge < -0.3 is 19.4 Å². The smallest absolute Gasteiger partial charge is 0.339 e. The van der Waals surface area contributed by atoms with E-state index < -0.39 is 5.97 Å². The fourth-order valence-electron chi connectivity index (χ4n) is 2.17. The van der Waals surface area contributed by atoms with Crippen molar-refractivity contribution in [3.05, 3.63) is 64.1 Å². The standard InChI is InChI=1S/C18H20N2O5/c1-13-4-3-5-15(10-13)25-9-8-19-16(21)12-20-11-14(18(23)24-2)6-7-17(20)22/h3-7,10-11H,8-9,12H2,1-2H3,(H,19,21). The Hall–Kier alpha value is -3.09. The van der Waals surface area contributed by atoms with E-state index in [1.807, 2.05) is 31.2 Å². The maximum atomic E-state index is 11.9. The summed E-state index contributed by atoms with van der Waals surface area (Å²) in [6.45, 7) is 2.40. The third kappa shape index (κ3) is 5.49. The van der Waals surface area contributed by atoms with Crippen molar-refractivity contribution in [2.75, 3.05) is 20.3 Å². The van der Waals surface area contributed by atoms with Crippen LogP contribution >= 0.6 is 0 Å². The number of esters is 1. The van der Waals surface area contributed by atoms with Crippen LogP contribution in [-0.2, 0) is 16.1 Å². The lowest BCUT2D eigenvalue weighted by molar-refractivity contribution is -0.121. The molecule has 1 aromatic heterocycles. The van der Waals surface area contributed by atoms with Crippen LogP contribution in [-0.4, -0.2) is 36.7 Å². The van der Waals surface area contributed by atoms with E-state index in [9.17, 15) is 14.4 Å². The van der Waals surface area contributed by atoms with Gasteiger partial charge in [0.25, 0.3) is 5.56 Å². The Balaban J connectivity index is 1.84. The van der Waals surface area contributed by atoms with E-state index in [1.165, 1.54) is 25.4 Å². The Kier molecular flexibility index (Phi) is 6.33. The van der Waals surface area contributed by atoms with Gasteiger partial charge in [-0.2, -0.15) is 0 Å². The number of carbonyl (C=O) groups is 2. The molecule has 0 fully saturated rings. The predicted octanol–water partition coefficient (Wildman–Crippen LogP) is 1.14. The van der Waals surface area contributed by atoms with Crippen molar-refractivity contribution in [1.82, 2.24) is 9.88 Å². The zero-order valence-electron chi connectivity index (χ0n) is 14.2. The largest absolute Gasteiger partial charge is 0.492 e. The minimum absolute atomic E-state index is 0.186. The summed E-state index contributed by atoms with van der Waals surface area (Å²) >= 11 is 0. The first kappa shape index (κ1) is 18.3. The number of hydrogen-bond donors (Lipinski definition) is 1. The van der Waals surface area contributed by atoms with Gasteiger partial charge >= 0.3 is 5.97 Å². The summed E-state index contributed by atoms with van der Waals surface area (Å²) in [5.41, 5.74) is 0.919. The van der Waals surface area contributed by atoms with Gasteiger partial charge in [0.05, 0.1) is 19.2 Å². The Morgan fingerprint density at radius 2 is 2.00 bits per heavy atom. The Morgan fingerprint density at radius 3 is 2.72 bits per heavy atom. The highest BCUT2D eigenvalue weighted by molar-refractivity contribution is 5.88. The number of rotatable bonds is 7. The lowest BCUT2D eigenvalue weighted by Crippen LogP contribution is -2.34. The van der Waals surface area contributed by atoms with Crippen molar-refractivity contribution in [3.8, 4) is 5.75 Å². The minimum Gasteiger partial charge on any atom is -0.492 e. The van der Waals surface area contributed by atoms with Crippen LogP contribution in [0.15, 0.2) is 47.4 Å². The van der Waals surface area contributed by atoms with Crippen molar-refractivity contribution < 1.29 is 19.1 Å². The lowest BCUT2D eigenvalue weighted by atomic mass is 10.2. The number of methoxy groups -OCH3 is 1. The SMILES string of the molecule is COC(=O)c1ccc(=O)n(CC(=O)NCCOc2cccc(C)c2)c1. The van der Waals surface area contributed by atoms with Crippen molar-refractivity contribution in [3.63, 3.8) is 0 Å².